The van der Waals surface area contributed by atoms with E-state index in [1.165, 1.54) is 15.8 Å². The van der Waals surface area contributed by atoms with E-state index in [9.17, 15) is 19.2 Å². The van der Waals surface area contributed by atoms with Crippen LogP contribution in [0.25, 0.3) is 5.69 Å². The number of carbonyl (C=O) groups is 4. The number of aromatic nitrogens is 3. The molecule has 36 heavy (non-hydrogen) atoms. The third-order valence-electron chi connectivity index (χ3n) is 6.49. The van der Waals surface area contributed by atoms with E-state index in [4.69, 9.17) is 0 Å². The predicted octanol–water partition coefficient (Wildman–Crippen LogP) is 2.58. The molecule has 1 saturated heterocycles. The molecule has 0 bridgehead atoms. The summed E-state index contributed by atoms with van der Waals surface area (Å²) < 4.78 is 1.44. The summed E-state index contributed by atoms with van der Waals surface area (Å²) in [5.74, 6) is -1.44. The van der Waals surface area contributed by atoms with Crippen LogP contribution in [0.2, 0.25) is 0 Å². The molecule has 2 N–H and O–H groups in total. The molecule has 0 aliphatic carbocycles. The van der Waals surface area contributed by atoms with Crippen molar-refractivity contribution in [1.82, 2.24) is 25.2 Å². The molecule has 4 amide bonds. The van der Waals surface area contributed by atoms with Gasteiger partial charge < -0.3 is 10.2 Å². The third-order valence-corrected chi connectivity index (χ3v) is 6.49. The van der Waals surface area contributed by atoms with Crippen molar-refractivity contribution in [3.63, 3.8) is 0 Å². The lowest BCUT2D eigenvalue weighted by molar-refractivity contribution is -0.136. The van der Waals surface area contributed by atoms with Crippen molar-refractivity contribution in [2.45, 2.75) is 51.6 Å². The number of rotatable bonds is 4. The van der Waals surface area contributed by atoms with Crippen LogP contribution in [0.15, 0.2) is 48.7 Å². The second kappa shape index (κ2) is 8.71. The molecule has 10 nitrogen and oxygen atoms in total. The standard InChI is InChI=1S/C26H26N6O4/c1-26(2,3)18-6-4-5-7-19(18)27-23(34)20-14-32(30-29-20)16-9-8-15-13-31(25(36)17(15)12-16)21-10-11-22(33)28-24(21)35/h4-9,12,14,21H,10-11,13H2,1-3H3,(H,27,34)(H,28,33,35). The topological polar surface area (TPSA) is 126 Å². The first-order chi connectivity index (χ1) is 17.1. The lowest BCUT2D eigenvalue weighted by Crippen LogP contribution is -2.52. The lowest BCUT2D eigenvalue weighted by Gasteiger charge is -2.29. The fourth-order valence-corrected chi connectivity index (χ4v) is 4.61. The number of piperidine rings is 1. The second-order valence-corrected chi connectivity index (χ2v) is 10.0. The van der Waals surface area contributed by atoms with Gasteiger partial charge in [0.1, 0.15) is 6.04 Å². The zero-order chi connectivity index (χ0) is 25.6. The van der Waals surface area contributed by atoms with Crippen LogP contribution in [0, 0.1) is 0 Å². The number of nitrogens with zero attached hydrogens (tertiary/aromatic N) is 4. The quantitative estimate of drug-likeness (QED) is 0.546. The first-order valence-electron chi connectivity index (χ1n) is 11.7. The van der Waals surface area contributed by atoms with E-state index in [0.717, 1.165) is 11.1 Å². The Hall–Kier alpha value is -4.34. The largest absolute Gasteiger partial charge is 0.322 e. The molecule has 1 atom stereocenters. The van der Waals surface area contributed by atoms with E-state index >= 15 is 0 Å². The van der Waals surface area contributed by atoms with Gasteiger partial charge in [-0.15, -0.1) is 5.10 Å². The van der Waals surface area contributed by atoms with Crippen molar-refractivity contribution in [1.29, 1.82) is 0 Å². The summed E-state index contributed by atoms with van der Waals surface area (Å²) in [7, 11) is 0. The van der Waals surface area contributed by atoms with E-state index in [2.05, 4.69) is 41.7 Å². The van der Waals surface area contributed by atoms with Crippen LogP contribution in [0.4, 0.5) is 5.69 Å². The summed E-state index contributed by atoms with van der Waals surface area (Å²) in [6.07, 6.45) is 2.01. The highest BCUT2D eigenvalue weighted by atomic mass is 16.2. The van der Waals surface area contributed by atoms with Crippen LogP contribution in [0.3, 0.4) is 0 Å². The minimum atomic E-state index is -0.677. The molecule has 2 aliphatic heterocycles. The molecule has 3 heterocycles. The SMILES string of the molecule is CC(C)(C)c1ccccc1NC(=O)c1cn(-c2ccc3c(c2)C(=O)N(C2CCC(=O)NC2=O)C3)nn1. The molecule has 2 aromatic carbocycles. The lowest BCUT2D eigenvalue weighted by atomic mass is 9.86. The highest BCUT2D eigenvalue weighted by Gasteiger charge is 2.39. The van der Waals surface area contributed by atoms with Crippen LogP contribution in [0.5, 0.6) is 0 Å². The molecule has 3 aromatic rings. The molecule has 184 valence electrons. The number of para-hydroxylation sites is 1. The van der Waals surface area contributed by atoms with Gasteiger partial charge in [0.05, 0.1) is 11.9 Å². The van der Waals surface area contributed by atoms with Gasteiger partial charge in [0, 0.05) is 24.2 Å². The molecule has 0 saturated carbocycles. The van der Waals surface area contributed by atoms with Crippen molar-refractivity contribution >= 4 is 29.3 Å². The van der Waals surface area contributed by atoms with Gasteiger partial charge in [-0.2, -0.15) is 0 Å². The highest BCUT2D eigenvalue weighted by Crippen LogP contribution is 2.30. The Bertz CT molecular complexity index is 1400. The van der Waals surface area contributed by atoms with Crippen molar-refractivity contribution in [2.24, 2.45) is 0 Å². The molecule has 2 aliphatic rings. The molecular weight excluding hydrogens is 460 g/mol. The first-order valence-corrected chi connectivity index (χ1v) is 11.7. The highest BCUT2D eigenvalue weighted by molar-refractivity contribution is 6.06. The summed E-state index contributed by atoms with van der Waals surface area (Å²) in [5.41, 5.74) is 3.50. The van der Waals surface area contributed by atoms with Crippen molar-refractivity contribution in [2.75, 3.05) is 5.32 Å². The van der Waals surface area contributed by atoms with E-state index in [1.807, 2.05) is 24.3 Å². The van der Waals surface area contributed by atoms with Gasteiger partial charge in [-0.1, -0.05) is 50.3 Å². The fraction of sp³-hybridized carbons (Fsp3) is 0.308. The van der Waals surface area contributed by atoms with Crippen LogP contribution < -0.4 is 10.6 Å². The molecule has 0 radical (unpaired) electrons. The van der Waals surface area contributed by atoms with Gasteiger partial charge in [-0.25, -0.2) is 4.68 Å². The Balaban J connectivity index is 1.34. The van der Waals surface area contributed by atoms with E-state index in [1.54, 1.807) is 18.2 Å². The summed E-state index contributed by atoms with van der Waals surface area (Å²) in [5, 5.41) is 13.3. The summed E-state index contributed by atoms with van der Waals surface area (Å²) in [4.78, 5) is 51.2. The maximum atomic E-state index is 13.1. The Morgan fingerprint density at radius 2 is 1.89 bits per heavy atom. The van der Waals surface area contributed by atoms with Crippen LogP contribution in [-0.4, -0.2) is 49.6 Å². The minimum Gasteiger partial charge on any atom is -0.322 e. The Morgan fingerprint density at radius 1 is 1.11 bits per heavy atom. The van der Waals surface area contributed by atoms with Crippen LogP contribution in [-0.2, 0) is 21.5 Å². The van der Waals surface area contributed by atoms with Crippen LogP contribution >= 0.6 is 0 Å². The first kappa shape index (κ1) is 23.4. The number of nitrogens with one attached hydrogen (secondary N) is 2. The number of carbonyl (C=O) groups excluding carboxylic acids is 4. The predicted molar refractivity (Wildman–Crippen MR) is 130 cm³/mol. The Labute approximate surface area is 207 Å². The zero-order valence-electron chi connectivity index (χ0n) is 20.2. The van der Waals surface area contributed by atoms with Gasteiger partial charge in [0.2, 0.25) is 11.8 Å². The summed E-state index contributed by atoms with van der Waals surface area (Å²) in [6.45, 7) is 6.51. The fourth-order valence-electron chi connectivity index (χ4n) is 4.61. The van der Waals surface area contributed by atoms with Gasteiger partial charge >= 0.3 is 0 Å². The zero-order valence-corrected chi connectivity index (χ0v) is 20.2. The van der Waals surface area contributed by atoms with Crippen molar-refractivity contribution in [3.8, 4) is 5.69 Å². The molecular formula is C26H26N6O4. The van der Waals surface area contributed by atoms with E-state index in [0.29, 0.717) is 29.9 Å². The van der Waals surface area contributed by atoms with Crippen molar-refractivity contribution in [3.05, 3.63) is 71.0 Å². The normalized spacial score (nSPS) is 17.7. The molecule has 10 heteroatoms. The monoisotopic (exact) mass is 486 g/mol. The number of hydrogen-bond donors (Lipinski definition) is 2. The maximum Gasteiger partial charge on any atom is 0.277 e. The number of anilines is 1. The minimum absolute atomic E-state index is 0.135. The number of amides is 4. The Morgan fingerprint density at radius 3 is 2.64 bits per heavy atom. The molecule has 1 fully saturated rings. The molecule has 5 rings (SSSR count). The number of hydrogen-bond acceptors (Lipinski definition) is 6. The molecule has 0 spiro atoms. The summed E-state index contributed by atoms with van der Waals surface area (Å²) in [6, 6.07) is 12.2. The average molecular weight is 487 g/mol. The van der Waals surface area contributed by atoms with Gasteiger partial charge in [-0.3, -0.25) is 24.5 Å². The third kappa shape index (κ3) is 4.26. The average Bonchev–Trinajstić information content (AvgIpc) is 3.44. The van der Waals surface area contributed by atoms with Crippen molar-refractivity contribution < 1.29 is 19.2 Å². The molecule has 1 aromatic heterocycles. The summed E-state index contributed by atoms with van der Waals surface area (Å²) >= 11 is 0. The number of fused-ring (bicyclic) bond motifs is 1. The van der Waals surface area contributed by atoms with Crippen LogP contribution in [0.1, 0.15) is 65.6 Å². The smallest absolute Gasteiger partial charge is 0.277 e. The maximum absolute atomic E-state index is 13.1. The Kier molecular flexibility index (Phi) is 5.66. The number of benzene rings is 2. The van der Waals surface area contributed by atoms with E-state index < -0.39 is 11.9 Å². The van der Waals surface area contributed by atoms with Gasteiger partial charge in [-0.05, 0) is 41.2 Å². The van der Waals surface area contributed by atoms with E-state index in [-0.39, 0.29) is 35.3 Å². The van der Waals surface area contributed by atoms with Gasteiger partial charge in [0.15, 0.2) is 5.69 Å². The number of imide groups is 1. The molecule has 1 unspecified atom stereocenters. The van der Waals surface area contributed by atoms with Gasteiger partial charge in [0.25, 0.3) is 11.8 Å². The second-order valence-electron chi connectivity index (χ2n) is 10.0.